The van der Waals surface area contributed by atoms with Gasteiger partial charge in [0.05, 0.1) is 6.33 Å². The van der Waals surface area contributed by atoms with Gasteiger partial charge in [0.15, 0.2) is 0 Å². The van der Waals surface area contributed by atoms with E-state index in [1.165, 1.54) is 0 Å². The zero-order valence-corrected chi connectivity index (χ0v) is 8.71. The maximum absolute atomic E-state index is 10.6. The van der Waals surface area contributed by atoms with Crippen molar-refractivity contribution in [2.24, 2.45) is 0 Å². The Kier molecular flexibility index (Phi) is 3.00. The van der Waals surface area contributed by atoms with Crippen LogP contribution < -0.4 is 0 Å². The van der Waals surface area contributed by atoms with Crippen molar-refractivity contribution in [3.05, 3.63) is 48.5 Å². The summed E-state index contributed by atoms with van der Waals surface area (Å²) in [7, 11) is 0. The van der Waals surface area contributed by atoms with Gasteiger partial charge in [-0.3, -0.25) is 4.79 Å². The fraction of sp³-hybridized carbons (Fsp3) is 0.167. The molecule has 2 rings (SSSR count). The lowest BCUT2D eigenvalue weighted by Gasteiger charge is -2.08. The van der Waals surface area contributed by atoms with Crippen LogP contribution in [-0.2, 0) is 11.2 Å². The van der Waals surface area contributed by atoms with E-state index in [0.717, 1.165) is 11.3 Å². The number of carboxylic acids is 1. The Balaban J connectivity index is 2.27. The number of hydrogen-bond acceptors (Lipinski definition) is 2. The molecule has 1 aromatic heterocycles. The van der Waals surface area contributed by atoms with E-state index in [9.17, 15) is 4.79 Å². The lowest BCUT2D eigenvalue weighted by Crippen LogP contribution is -2.01. The van der Waals surface area contributed by atoms with Crippen molar-refractivity contribution in [1.29, 1.82) is 0 Å². The van der Waals surface area contributed by atoms with Gasteiger partial charge in [0.1, 0.15) is 0 Å². The summed E-state index contributed by atoms with van der Waals surface area (Å²) in [6.45, 7) is 0. The number of rotatable bonds is 4. The molecule has 82 valence electrons. The molecule has 2 aromatic rings. The number of hydrogen-bond donors (Lipinski definition) is 1. The van der Waals surface area contributed by atoms with Crippen molar-refractivity contribution >= 4 is 5.97 Å². The Morgan fingerprint density at radius 3 is 2.88 bits per heavy atom. The highest BCUT2D eigenvalue weighted by molar-refractivity contribution is 5.67. The normalized spacial score (nSPS) is 10.2. The molecule has 0 spiro atoms. The van der Waals surface area contributed by atoms with Crippen LogP contribution in [0.25, 0.3) is 5.69 Å². The summed E-state index contributed by atoms with van der Waals surface area (Å²) in [4.78, 5) is 14.5. The monoisotopic (exact) mass is 216 g/mol. The summed E-state index contributed by atoms with van der Waals surface area (Å²) in [6, 6.07) is 7.74. The molecule has 16 heavy (non-hydrogen) atoms. The van der Waals surface area contributed by atoms with Crippen LogP contribution in [0.4, 0.5) is 0 Å². The number of imidazole rings is 1. The summed E-state index contributed by atoms with van der Waals surface area (Å²) in [6.07, 6.45) is 5.93. The highest BCUT2D eigenvalue weighted by Gasteiger charge is 2.05. The van der Waals surface area contributed by atoms with Crippen molar-refractivity contribution in [3.63, 3.8) is 0 Å². The fourth-order valence-corrected chi connectivity index (χ4v) is 1.62. The van der Waals surface area contributed by atoms with Crippen LogP contribution in [0.5, 0.6) is 0 Å². The minimum atomic E-state index is -0.777. The average molecular weight is 216 g/mol. The van der Waals surface area contributed by atoms with Crippen LogP contribution in [0.15, 0.2) is 43.0 Å². The number of carbonyl (C=O) groups is 1. The van der Waals surface area contributed by atoms with Crippen LogP contribution in [0, 0.1) is 0 Å². The molecular weight excluding hydrogens is 204 g/mol. The molecule has 0 radical (unpaired) electrons. The lowest BCUT2D eigenvalue weighted by molar-refractivity contribution is -0.136. The van der Waals surface area contributed by atoms with Crippen LogP contribution >= 0.6 is 0 Å². The maximum atomic E-state index is 10.6. The molecule has 0 fully saturated rings. The third-order valence-corrected chi connectivity index (χ3v) is 2.38. The average Bonchev–Trinajstić information content (AvgIpc) is 2.80. The first-order valence-corrected chi connectivity index (χ1v) is 5.05. The van der Waals surface area contributed by atoms with Crippen LogP contribution in [0.2, 0.25) is 0 Å². The van der Waals surface area contributed by atoms with Gasteiger partial charge in [-0.15, -0.1) is 0 Å². The van der Waals surface area contributed by atoms with Crippen LogP contribution in [0.3, 0.4) is 0 Å². The Labute approximate surface area is 93.2 Å². The highest BCUT2D eigenvalue weighted by atomic mass is 16.4. The maximum Gasteiger partial charge on any atom is 0.303 e. The molecule has 0 aliphatic rings. The largest absolute Gasteiger partial charge is 0.481 e. The fourth-order valence-electron chi connectivity index (χ4n) is 1.62. The quantitative estimate of drug-likeness (QED) is 0.849. The smallest absolute Gasteiger partial charge is 0.303 e. The number of aryl methyl sites for hydroxylation is 1. The Morgan fingerprint density at radius 2 is 2.19 bits per heavy atom. The van der Waals surface area contributed by atoms with Gasteiger partial charge < -0.3 is 9.67 Å². The molecule has 4 heteroatoms. The summed E-state index contributed by atoms with van der Waals surface area (Å²) in [5.41, 5.74) is 2.00. The molecule has 0 unspecified atom stereocenters. The molecule has 1 aromatic carbocycles. The minimum Gasteiger partial charge on any atom is -0.481 e. The Hall–Kier alpha value is -2.10. The predicted octanol–water partition coefficient (Wildman–Crippen LogP) is 1.89. The predicted molar refractivity (Wildman–Crippen MR) is 59.5 cm³/mol. The van der Waals surface area contributed by atoms with Crippen molar-refractivity contribution in [3.8, 4) is 5.69 Å². The van der Waals surface area contributed by atoms with Crippen LogP contribution in [0.1, 0.15) is 12.0 Å². The van der Waals surface area contributed by atoms with Gasteiger partial charge in [-0.1, -0.05) is 18.2 Å². The first kappa shape index (κ1) is 10.4. The van der Waals surface area contributed by atoms with E-state index in [1.807, 2.05) is 35.0 Å². The van der Waals surface area contributed by atoms with E-state index >= 15 is 0 Å². The molecule has 0 amide bonds. The second-order valence-corrected chi connectivity index (χ2v) is 3.49. The Bertz CT molecular complexity index is 478. The molecule has 0 saturated heterocycles. The number of nitrogens with zero attached hydrogens (tertiary/aromatic N) is 2. The summed E-state index contributed by atoms with van der Waals surface area (Å²) in [5.74, 6) is -0.777. The molecule has 0 aliphatic carbocycles. The molecule has 1 N–H and O–H groups in total. The third kappa shape index (κ3) is 2.28. The lowest BCUT2D eigenvalue weighted by atomic mass is 10.1. The summed E-state index contributed by atoms with van der Waals surface area (Å²) in [5, 5.41) is 8.68. The highest BCUT2D eigenvalue weighted by Crippen LogP contribution is 2.15. The standard InChI is InChI=1S/C12H12N2O2/c15-12(16)6-5-10-3-1-2-4-11(10)14-8-7-13-9-14/h1-4,7-9H,5-6H2,(H,15,16). The molecule has 0 saturated carbocycles. The van der Waals surface area contributed by atoms with E-state index in [0.29, 0.717) is 6.42 Å². The van der Waals surface area contributed by atoms with Gasteiger partial charge in [0, 0.05) is 24.5 Å². The van der Waals surface area contributed by atoms with Crippen molar-refractivity contribution in [1.82, 2.24) is 9.55 Å². The SMILES string of the molecule is O=C(O)CCc1ccccc1-n1ccnc1. The van der Waals surface area contributed by atoms with E-state index in [4.69, 9.17) is 5.11 Å². The number of para-hydroxylation sites is 1. The number of benzene rings is 1. The number of carboxylic acid groups (broad SMARTS) is 1. The summed E-state index contributed by atoms with van der Waals surface area (Å²) >= 11 is 0. The zero-order valence-electron chi connectivity index (χ0n) is 8.71. The second-order valence-electron chi connectivity index (χ2n) is 3.49. The summed E-state index contributed by atoms with van der Waals surface area (Å²) < 4.78 is 1.89. The van der Waals surface area contributed by atoms with Gasteiger partial charge in [-0.2, -0.15) is 0 Å². The van der Waals surface area contributed by atoms with Gasteiger partial charge in [0.25, 0.3) is 0 Å². The third-order valence-electron chi connectivity index (χ3n) is 2.38. The van der Waals surface area contributed by atoms with E-state index in [-0.39, 0.29) is 6.42 Å². The van der Waals surface area contributed by atoms with E-state index < -0.39 is 5.97 Å². The molecule has 0 atom stereocenters. The molecule has 0 aliphatic heterocycles. The topological polar surface area (TPSA) is 55.1 Å². The molecule has 4 nitrogen and oxygen atoms in total. The molecule has 0 bridgehead atoms. The first-order chi connectivity index (χ1) is 7.77. The molecular formula is C12H12N2O2. The van der Waals surface area contributed by atoms with Gasteiger partial charge >= 0.3 is 5.97 Å². The van der Waals surface area contributed by atoms with Gasteiger partial charge in [0.2, 0.25) is 0 Å². The molecule has 1 heterocycles. The van der Waals surface area contributed by atoms with Crippen molar-refractivity contribution in [2.45, 2.75) is 12.8 Å². The van der Waals surface area contributed by atoms with Gasteiger partial charge in [-0.25, -0.2) is 4.98 Å². The number of aliphatic carboxylic acids is 1. The second kappa shape index (κ2) is 4.61. The van der Waals surface area contributed by atoms with Crippen molar-refractivity contribution < 1.29 is 9.90 Å². The number of aromatic nitrogens is 2. The van der Waals surface area contributed by atoms with E-state index in [2.05, 4.69) is 4.98 Å². The Morgan fingerprint density at radius 1 is 1.38 bits per heavy atom. The van der Waals surface area contributed by atoms with Gasteiger partial charge in [-0.05, 0) is 18.1 Å². The van der Waals surface area contributed by atoms with Crippen LogP contribution in [-0.4, -0.2) is 20.6 Å². The first-order valence-electron chi connectivity index (χ1n) is 5.05. The minimum absolute atomic E-state index is 0.145. The van der Waals surface area contributed by atoms with Crippen molar-refractivity contribution in [2.75, 3.05) is 0 Å². The van der Waals surface area contributed by atoms with E-state index in [1.54, 1.807) is 12.5 Å². The zero-order chi connectivity index (χ0) is 11.4.